The quantitative estimate of drug-likeness (QED) is 0.450. The van der Waals surface area contributed by atoms with Crippen LogP contribution in [0.2, 0.25) is 0 Å². The lowest BCUT2D eigenvalue weighted by Crippen LogP contribution is -2.38. The lowest BCUT2D eigenvalue weighted by Gasteiger charge is -2.27. The zero-order valence-corrected chi connectivity index (χ0v) is 18.5. The molecule has 7 nitrogen and oxygen atoms in total. The van der Waals surface area contributed by atoms with Crippen molar-refractivity contribution in [1.29, 1.82) is 0 Å². The van der Waals surface area contributed by atoms with E-state index in [2.05, 4.69) is 52.0 Å². The number of nitrogens with one attached hydrogen (secondary N) is 3. The normalized spacial score (nSPS) is 14.8. The lowest BCUT2D eigenvalue weighted by molar-refractivity contribution is -0.114. The number of ether oxygens (including phenoxy) is 1. The Morgan fingerprint density at radius 3 is 2.58 bits per heavy atom. The third kappa shape index (κ3) is 7.70. The van der Waals surface area contributed by atoms with Crippen molar-refractivity contribution < 1.29 is 9.53 Å². The third-order valence-electron chi connectivity index (χ3n) is 5.07. The number of carbonyl (C=O) groups excluding carboxylic acids is 1. The molecule has 3 rings (SSSR count). The first-order valence-electron chi connectivity index (χ1n) is 10.9. The van der Waals surface area contributed by atoms with Crippen molar-refractivity contribution >= 4 is 17.6 Å². The van der Waals surface area contributed by atoms with Crippen LogP contribution in [0.3, 0.4) is 0 Å². The number of rotatable bonds is 8. The van der Waals surface area contributed by atoms with Gasteiger partial charge in [0.2, 0.25) is 5.91 Å². The lowest BCUT2D eigenvalue weighted by atomic mass is 10.1. The van der Waals surface area contributed by atoms with Crippen LogP contribution in [0.25, 0.3) is 0 Å². The summed E-state index contributed by atoms with van der Waals surface area (Å²) in [4.78, 5) is 18.4. The summed E-state index contributed by atoms with van der Waals surface area (Å²) in [6.07, 6.45) is 0. The van der Waals surface area contributed by atoms with Gasteiger partial charge in [0.15, 0.2) is 5.96 Å². The minimum atomic E-state index is -0.0774. The minimum Gasteiger partial charge on any atom is -0.379 e. The highest BCUT2D eigenvalue weighted by atomic mass is 16.5. The summed E-state index contributed by atoms with van der Waals surface area (Å²) in [5, 5.41) is 9.58. The van der Waals surface area contributed by atoms with Crippen LogP contribution in [-0.4, -0.2) is 49.6 Å². The van der Waals surface area contributed by atoms with E-state index < -0.39 is 0 Å². The van der Waals surface area contributed by atoms with Crippen LogP contribution < -0.4 is 16.0 Å². The Kier molecular flexibility index (Phi) is 8.87. The number of carbonyl (C=O) groups is 1. The number of aliphatic imine (C=N–C) groups is 1. The zero-order valence-electron chi connectivity index (χ0n) is 18.5. The molecule has 0 saturated carbocycles. The highest BCUT2D eigenvalue weighted by Crippen LogP contribution is 2.14. The monoisotopic (exact) mass is 423 g/mol. The first kappa shape index (κ1) is 22.8. The molecule has 3 N–H and O–H groups in total. The smallest absolute Gasteiger partial charge is 0.221 e. The molecule has 166 valence electrons. The number of guanidine groups is 1. The van der Waals surface area contributed by atoms with Gasteiger partial charge in [-0.1, -0.05) is 36.4 Å². The van der Waals surface area contributed by atoms with Crippen LogP contribution in [0.4, 0.5) is 5.69 Å². The topological polar surface area (TPSA) is 78.0 Å². The number of anilines is 1. The third-order valence-corrected chi connectivity index (χ3v) is 5.07. The Morgan fingerprint density at radius 2 is 1.84 bits per heavy atom. The number of amides is 1. The van der Waals surface area contributed by atoms with Crippen LogP contribution in [0.15, 0.2) is 53.5 Å². The van der Waals surface area contributed by atoms with Gasteiger partial charge in [0.1, 0.15) is 0 Å². The van der Waals surface area contributed by atoms with E-state index in [4.69, 9.17) is 9.73 Å². The fourth-order valence-electron chi connectivity index (χ4n) is 3.53. The first-order chi connectivity index (χ1) is 15.1. The van der Waals surface area contributed by atoms with E-state index >= 15 is 0 Å². The molecule has 1 fully saturated rings. The molecule has 0 unspecified atom stereocenters. The summed E-state index contributed by atoms with van der Waals surface area (Å²) in [7, 11) is 0. The minimum absolute atomic E-state index is 0.0774. The molecule has 2 aromatic carbocycles. The van der Waals surface area contributed by atoms with Gasteiger partial charge in [0, 0.05) is 45.3 Å². The maximum Gasteiger partial charge on any atom is 0.221 e. The second-order valence-electron chi connectivity index (χ2n) is 7.59. The molecule has 2 aromatic rings. The summed E-state index contributed by atoms with van der Waals surface area (Å²) in [6, 6.07) is 16.3. The molecular formula is C24H33N5O2. The van der Waals surface area contributed by atoms with E-state index in [0.29, 0.717) is 13.1 Å². The highest BCUT2D eigenvalue weighted by molar-refractivity contribution is 5.88. The summed E-state index contributed by atoms with van der Waals surface area (Å²) in [6.45, 7) is 10.1. The van der Waals surface area contributed by atoms with Crippen LogP contribution >= 0.6 is 0 Å². The van der Waals surface area contributed by atoms with Crippen LogP contribution in [0.1, 0.15) is 30.5 Å². The van der Waals surface area contributed by atoms with Crippen molar-refractivity contribution in [2.45, 2.75) is 33.5 Å². The molecule has 0 bridgehead atoms. The maximum absolute atomic E-state index is 11.3. The number of morpholine rings is 1. The molecule has 31 heavy (non-hydrogen) atoms. The Morgan fingerprint density at radius 1 is 1.06 bits per heavy atom. The molecule has 1 amide bonds. The summed E-state index contributed by atoms with van der Waals surface area (Å²) in [5.41, 5.74) is 4.43. The number of nitrogens with zero attached hydrogens (tertiary/aromatic N) is 2. The number of benzene rings is 2. The summed E-state index contributed by atoms with van der Waals surface area (Å²) in [5.74, 6) is 0.694. The average molecular weight is 424 g/mol. The van der Waals surface area contributed by atoms with E-state index in [1.165, 1.54) is 18.1 Å². The molecule has 0 spiro atoms. The zero-order chi connectivity index (χ0) is 21.9. The Balaban J connectivity index is 1.62. The van der Waals surface area contributed by atoms with Crippen molar-refractivity contribution in [1.82, 2.24) is 15.5 Å². The van der Waals surface area contributed by atoms with Gasteiger partial charge < -0.3 is 20.7 Å². The van der Waals surface area contributed by atoms with Gasteiger partial charge in [-0.3, -0.25) is 9.69 Å². The molecular weight excluding hydrogens is 390 g/mol. The van der Waals surface area contributed by atoms with Gasteiger partial charge in [0.05, 0.1) is 19.8 Å². The average Bonchev–Trinajstić information content (AvgIpc) is 2.77. The summed E-state index contributed by atoms with van der Waals surface area (Å²) >= 11 is 0. The molecule has 1 saturated heterocycles. The molecule has 0 aliphatic carbocycles. The van der Waals surface area contributed by atoms with E-state index in [1.54, 1.807) is 0 Å². The van der Waals surface area contributed by atoms with Crippen molar-refractivity contribution in [3.63, 3.8) is 0 Å². The van der Waals surface area contributed by atoms with E-state index in [-0.39, 0.29) is 5.91 Å². The standard InChI is InChI=1S/C24H33N5O2/c1-3-25-24(26-16-20-7-6-10-23(15-20)28-19(2)30)27-17-21-8-4-5-9-22(21)18-29-11-13-31-14-12-29/h4-10,15H,3,11-14,16-18H2,1-2H3,(H,28,30)(H2,25,26,27). The molecule has 1 aliphatic heterocycles. The fraction of sp³-hybridized carbons (Fsp3) is 0.417. The van der Waals surface area contributed by atoms with Crippen LogP contribution in [0, 0.1) is 0 Å². The van der Waals surface area contributed by atoms with Gasteiger partial charge in [0.25, 0.3) is 0 Å². The highest BCUT2D eigenvalue weighted by Gasteiger charge is 2.12. The van der Waals surface area contributed by atoms with E-state index in [1.807, 2.05) is 24.3 Å². The second-order valence-corrected chi connectivity index (χ2v) is 7.59. The molecule has 1 heterocycles. The summed E-state index contributed by atoms with van der Waals surface area (Å²) < 4.78 is 5.46. The van der Waals surface area contributed by atoms with E-state index in [9.17, 15) is 4.79 Å². The van der Waals surface area contributed by atoms with Crippen molar-refractivity contribution in [2.24, 2.45) is 4.99 Å². The second kappa shape index (κ2) is 12.1. The predicted molar refractivity (Wildman–Crippen MR) is 125 cm³/mol. The number of hydrogen-bond acceptors (Lipinski definition) is 4. The Labute approximate surface area is 184 Å². The Bertz CT molecular complexity index is 878. The van der Waals surface area contributed by atoms with Crippen molar-refractivity contribution in [3.05, 3.63) is 65.2 Å². The maximum atomic E-state index is 11.3. The fourth-order valence-corrected chi connectivity index (χ4v) is 3.53. The SMILES string of the molecule is CCNC(=NCc1cccc(NC(C)=O)c1)NCc1ccccc1CN1CCOCC1. The van der Waals surface area contributed by atoms with Gasteiger partial charge in [-0.25, -0.2) is 4.99 Å². The predicted octanol–water partition coefficient (Wildman–Crippen LogP) is 2.73. The first-order valence-corrected chi connectivity index (χ1v) is 10.9. The van der Waals surface area contributed by atoms with Crippen molar-refractivity contribution in [2.75, 3.05) is 38.2 Å². The van der Waals surface area contributed by atoms with E-state index in [0.717, 1.165) is 56.6 Å². The van der Waals surface area contributed by atoms with Gasteiger partial charge in [-0.2, -0.15) is 0 Å². The largest absolute Gasteiger partial charge is 0.379 e. The molecule has 1 aliphatic rings. The Hall–Kier alpha value is -2.90. The van der Waals surface area contributed by atoms with Crippen LogP contribution in [0.5, 0.6) is 0 Å². The van der Waals surface area contributed by atoms with Gasteiger partial charge in [-0.05, 0) is 35.7 Å². The van der Waals surface area contributed by atoms with Crippen LogP contribution in [-0.2, 0) is 29.2 Å². The number of hydrogen-bond donors (Lipinski definition) is 3. The molecule has 0 atom stereocenters. The molecule has 0 aromatic heterocycles. The molecule has 0 radical (unpaired) electrons. The van der Waals surface area contributed by atoms with Crippen molar-refractivity contribution in [3.8, 4) is 0 Å². The molecule has 7 heteroatoms. The van der Waals surface area contributed by atoms with Gasteiger partial charge in [-0.15, -0.1) is 0 Å². The van der Waals surface area contributed by atoms with Gasteiger partial charge >= 0.3 is 0 Å².